The standard InChI is InChI=1S/C20H19ClN4O/c21-18-7-6-15(11-22-18)10-20(26)23-12-14-3-1-4-16(9-14)17-13-25-8-2-5-19(25)24-17/h1,3-4,6-7,9,11,13H,2,5,8,10,12H2,(H,23,26). The summed E-state index contributed by atoms with van der Waals surface area (Å²) in [7, 11) is 0. The summed E-state index contributed by atoms with van der Waals surface area (Å²) in [6.07, 6.45) is 6.26. The summed E-state index contributed by atoms with van der Waals surface area (Å²) in [6.45, 7) is 1.54. The number of carbonyl (C=O) groups excluding carboxylic acids is 1. The second kappa shape index (κ2) is 7.30. The molecule has 0 aliphatic carbocycles. The van der Waals surface area contributed by atoms with Gasteiger partial charge in [0, 0.05) is 37.5 Å². The van der Waals surface area contributed by atoms with Gasteiger partial charge in [0.05, 0.1) is 12.1 Å². The van der Waals surface area contributed by atoms with Gasteiger partial charge in [0.1, 0.15) is 11.0 Å². The zero-order chi connectivity index (χ0) is 17.9. The Morgan fingerprint density at radius 1 is 1.23 bits per heavy atom. The van der Waals surface area contributed by atoms with Crippen LogP contribution in [0, 0.1) is 0 Å². The number of rotatable bonds is 5. The number of benzene rings is 1. The number of amides is 1. The number of carbonyl (C=O) groups is 1. The van der Waals surface area contributed by atoms with E-state index in [0.29, 0.717) is 11.7 Å². The third kappa shape index (κ3) is 3.78. The van der Waals surface area contributed by atoms with Crippen LogP contribution >= 0.6 is 11.6 Å². The number of aromatic nitrogens is 3. The summed E-state index contributed by atoms with van der Waals surface area (Å²) in [4.78, 5) is 20.8. The fourth-order valence-electron chi connectivity index (χ4n) is 3.19. The molecule has 0 fully saturated rings. The molecule has 26 heavy (non-hydrogen) atoms. The average molecular weight is 367 g/mol. The van der Waals surface area contributed by atoms with Crippen LogP contribution in [0.1, 0.15) is 23.4 Å². The van der Waals surface area contributed by atoms with Crippen molar-refractivity contribution in [3.05, 3.63) is 70.9 Å². The van der Waals surface area contributed by atoms with Crippen molar-refractivity contribution < 1.29 is 4.79 Å². The van der Waals surface area contributed by atoms with Gasteiger partial charge in [-0.05, 0) is 29.7 Å². The third-order valence-corrected chi connectivity index (χ3v) is 4.75. The number of nitrogens with zero attached hydrogens (tertiary/aromatic N) is 3. The van der Waals surface area contributed by atoms with Crippen LogP contribution in [0.25, 0.3) is 11.3 Å². The summed E-state index contributed by atoms with van der Waals surface area (Å²) in [5.74, 6) is 1.12. The first-order valence-electron chi connectivity index (χ1n) is 8.70. The normalized spacial score (nSPS) is 12.8. The fraction of sp³-hybridized carbons (Fsp3) is 0.250. The molecule has 4 rings (SSSR count). The Bertz CT molecular complexity index is 912. The van der Waals surface area contributed by atoms with Crippen molar-refractivity contribution >= 4 is 17.5 Å². The van der Waals surface area contributed by atoms with Crippen molar-refractivity contribution in [1.82, 2.24) is 19.9 Å². The van der Waals surface area contributed by atoms with E-state index < -0.39 is 0 Å². The molecule has 1 aliphatic rings. The summed E-state index contributed by atoms with van der Waals surface area (Å²) in [5.41, 5.74) is 3.98. The van der Waals surface area contributed by atoms with Crippen LogP contribution in [0.15, 0.2) is 48.8 Å². The van der Waals surface area contributed by atoms with Crippen LogP contribution in [-0.2, 0) is 30.7 Å². The van der Waals surface area contributed by atoms with E-state index in [0.717, 1.165) is 41.2 Å². The largest absolute Gasteiger partial charge is 0.352 e. The number of aryl methyl sites for hydroxylation is 2. The van der Waals surface area contributed by atoms with Crippen molar-refractivity contribution in [2.45, 2.75) is 32.4 Å². The van der Waals surface area contributed by atoms with Gasteiger partial charge in [0.2, 0.25) is 5.91 Å². The molecule has 6 heteroatoms. The molecule has 1 aliphatic heterocycles. The van der Waals surface area contributed by atoms with Gasteiger partial charge in [-0.15, -0.1) is 0 Å². The molecule has 0 unspecified atom stereocenters. The van der Waals surface area contributed by atoms with Crippen molar-refractivity contribution in [3.63, 3.8) is 0 Å². The van der Waals surface area contributed by atoms with Crippen molar-refractivity contribution in [3.8, 4) is 11.3 Å². The lowest BCUT2D eigenvalue weighted by Crippen LogP contribution is -2.24. The van der Waals surface area contributed by atoms with Crippen LogP contribution in [0.5, 0.6) is 0 Å². The number of hydrogen-bond acceptors (Lipinski definition) is 3. The molecule has 3 heterocycles. The Hall–Kier alpha value is -2.66. The van der Waals surface area contributed by atoms with Gasteiger partial charge >= 0.3 is 0 Å². The van der Waals surface area contributed by atoms with E-state index in [9.17, 15) is 4.79 Å². The van der Waals surface area contributed by atoms with Crippen molar-refractivity contribution in [1.29, 1.82) is 0 Å². The molecule has 0 saturated heterocycles. The van der Waals surface area contributed by atoms with Crippen LogP contribution in [0.4, 0.5) is 0 Å². The van der Waals surface area contributed by atoms with Crippen LogP contribution in [0.2, 0.25) is 5.15 Å². The van der Waals surface area contributed by atoms with E-state index in [4.69, 9.17) is 16.6 Å². The minimum absolute atomic E-state index is 0.0412. The highest BCUT2D eigenvalue weighted by atomic mass is 35.5. The van der Waals surface area contributed by atoms with E-state index in [1.165, 1.54) is 6.42 Å². The quantitative estimate of drug-likeness (QED) is 0.704. The highest BCUT2D eigenvalue weighted by molar-refractivity contribution is 6.29. The first-order chi connectivity index (χ1) is 12.7. The Labute approximate surface area is 157 Å². The smallest absolute Gasteiger partial charge is 0.224 e. The number of fused-ring (bicyclic) bond motifs is 1. The van der Waals surface area contributed by atoms with Crippen LogP contribution in [-0.4, -0.2) is 20.4 Å². The molecule has 1 amide bonds. The molecule has 1 N–H and O–H groups in total. The highest BCUT2D eigenvalue weighted by Gasteiger charge is 2.14. The van der Waals surface area contributed by atoms with Gasteiger partial charge in [-0.2, -0.15) is 0 Å². The third-order valence-electron chi connectivity index (χ3n) is 4.52. The maximum atomic E-state index is 12.1. The van der Waals surface area contributed by atoms with Gasteiger partial charge in [0.25, 0.3) is 0 Å². The summed E-state index contributed by atoms with van der Waals surface area (Å²) < 4.78 is 2.23. The first kappa shape index (κ1) is 16.8. The van der Waals surface area contributed by atoms with Gasteiger partial charge in [-0.3, -0.25) is 4.79 Å². The molecule has 0 atom stereocenters. The zero-order valence-electron chi connectivity index (χ0n) is 14.3. The Morgan fingerprint density at radius 2 is 2.15 bits per heavy atom. The van der Waals surface area contributed by atoms with Gasteiger partial charge in [-0.25, -0.2) is 9.97 Å². The fourth-order valence-corrected chi connectivity index (χ4v) is 3.31. The average Bonchev–Trinajstić information content (AvgIpc) is 3.24. The molecule has 0 spiro atoms. The van der Waals surface area contributed by atoms with Crippen LogP contribution < -0.4 is 5.32 Å². The predicted octanol–water partition coefficient (Wildman–Crippen LogP) is 3.40. The van der Waals surface area contributed by atoms with E-state index in [-0.39, 0.29) is 12.3 Å². The minimum atomic E-state index is -0.0412. The molecule has 3 aromatic rings. The molecule has 0 saturated carbocycles. The SMILES string of the molecule is O=C(Cc1ccc(Cl)nc1)NCc1cccc(-c2cn3c(n2)CCC3)c1. The molecule has 0 bridgehead atoms. The second-order valence-electron chi connectivity index (χ2n) is 6.48. The maximum absolute atomic E-state index is 12.1. The minimum Gasteiger partial charge on any atom is -0.352 e. The molecular weight excluding hydrogens is 348 g/mol. The first-order valence-corrected chi connectivity index (χ1v) is 9.08. The van der Waals surface area contributed by atoms with E-state index in [2.05, 4.69) is 33.2 Å². The topological polar surface area (TPSA) is 59.8 Å². The lowest BCUT2D eigenvalue weighted by atomic mass is 10.1. The van der Waals surface area contributed by atoms with Crippen LogP contribution in [0.3, 0.4) is 0 Å². The lowest BCUT2D eigenvalue weighted by molar-refractivity contribution is -0.120. The number of hydrogen-bond donors (Lipinski definition) is 1. The molecule has 5 nitrogen and oxygen atoms in total. The summed E-state index contributed by atoms with van der Waals surface area (Å²) in [5, 5.41) is 3.38. The number of imidazole rings is 1. The van der Waals surface area contributed by atoms with Gasteiger partial charge in [-0.1, -0.05) is 35.9 Å². The summed E-state index contributed by atoms with van der Waals surface area (Å²) >= 11 is 5.76. The van der Waals surface area contributed by atoms with E-state index >= 15 is 0 Å². The Kier molecular flexibility index (Phi) is 4.71. The van der Waals surface area contributed by atoms with E-state index in [1.54, 1.807) is 12.3 Å². The predicted molar refractivity (Wildman–Crippen MR) is 101 cm³/mol. The zero-order valence-corrected chi connectivity index (χ0v) is 15.0. The van der Waals surface area contributed by atoms with Gasteiger partial charge in [0.15, 0.2) is 0 Å². The number of nitrogens with one attached hydrogen (secondary N) is 1. The lowest BCUT2D eigenvalue weighted by Gasteiger charge is -2.07. The summed E-state index contributed by atoms with van der Waals surface area (Å²) in [6, 6.07) is 11.7. The molecule has 2 aromatic heterocycles. The molecule has 1 aromatic carbocycles. The van der Waals surface area contributed by atoms with E-state index in [1.807, 2.05) is 18.2 Å². The molecule has 132 valence electrons. The van der Waals surface area contributed by atoms with Crippen molar-refractivity contribution in [2.24, 2.45) is 0 Å². The van der Waals surface area contributed by atoms with Gasteiger partial charge < -0.3 is 9.88 Å². The Balaban J connectivity index is 1.39. The second-order valence-corrected chi connectivity index (χ2v) is 6.87. The highest BCUT2D eigenvalue weighted by Crippen LogP contribution is 2.23. The molecular formula is C20H19ClN4O. The number of halogens is 1. The Morgan fingerprint density at radius 3 is 2.96 bits per heavy atom. The number of pyridine rings is 1. The van der Waals surface area contributed by atoms with Crippen molar-refractivity contribution in [2.75, 3.05) is 0 Å². The molecule has 0 radical (unpaired) electrons. The monoisotopic (exact) mass is 366 g/mol. The maximum Gasteiger partial charge on any atom is 0.224 e.